The van der Waals surface area contributed by atoms with E-state index in [2.05, 4.69) is 12.2 Å². The summed E-state index contributed by atoms with van der Waals surface area (Å²) in [4.78, 5) is 0.361. The molecule has 1 atom stereocenters. The van der Waals surface area contributed by atoms with Gasteiger partial charge < -0.3 is 5.32 Å². The van der Waals surface area contributed by atoms with Crippen molar-refractivity contribution in [3.63, 3.8) is 0 Å². The van der Waals surface area contributed by atoms with Gasteiger partial charge in [-0.25, -0.2) is 8.42 Å². The van der Waals surface area contributed by atoms with Crippen LogP contribution in [0.15, 0.2) is 29.2 Å². The molecule has 0 amide bonds. The molecule has 0 aliphatic heterocycles. The van der Waals surface area contributed by atoms with E-state index >= 15 is 0 Å². The van der Waals surface area contributed by atoms with Gasteiger partial charge in [-0.1, -0.05) is 26.0 Å². The van der Waals surface area contributed by atoms with Gasteiger partial charge in [0.05, 0.1) is 4.90 Å². The maximum Gasteiger partial charge on any atom is 0.243 e. The Kier molecular flexibility index (Phi) is 6.65. The highest BCUT2D eigenvalue weighted by Gasteiger charge is 2.24. The van der Waals surface area contributed by atoms with Crippen LogP contribution in [0.5, 0.6) is 0 Å². The van der Waals surface area contributed by atoms with Gasteiger partial charge in [0.15, 0.2) is 0 Å². The van der Waals surface area contributed by atoms with Crippen LogP contribution in [0.4, 0.5) is 0 Å². The van der Waals surface area contributed by atoms with Gasteiger partial charge in [-0.2, -0.15) is 4.31 Å². The van der Waals surface area contributed by atoms with Gasteiger partial charge in [0.2, 0.25) is 10.0 Å². The molecule has 1 unspecified atom stereocenters. The molecule has 1 aromatic rings. The van der Waals surface area contributed by atoms with Crippen LogP contribution in [-0.2, 0) is 16.6 Å². The molecule has 5 heteroatoms. The van der Waals surface area contributed by atoms with Gasteiger partial charge in [0.25, 0.3) is 0 Å². The van der Waals surface area contributed by atoms with E-state index in [-0.39, 0.29) is 6.04 Å². The Balaban J connectivity index is 2.81. The van der Waals surface area contributed by atoms with Gasteiger partial charge in [-0.3, -0.25) is 0 Å². The molecule has 4 nitrogen and oxygen atoms in total. The molecule has 0 saturated heterocycles. The summed E-state index contributed by atoms with van der Waals surface area (Å²) in [5.41, 5.74) is 1.10. The van der Waals surface area contributed by atoms with Gasteiger partial charge in [0.1, 0.15) is 0 Å². The normalized spacial score (nSPS) is 13.7. The van der Waals surface area contributed by atoms with Crippen LogP contribution in [0, 0.1) is 0 Å². The van der Waals surface area contributed by atoms with Gasteiger partial charge in [-0.05, 0) is 44.0 Å². The molecule has 0 bridgehead atoms. The minimum absolute atomic E-state index is 0.00546. The molecule has 0 heterocycles. The maximum absolute atomic E-state index is 12.4. The van der Waals surface area contributed by atoms with Crippen LogP contribution in [-0.4, -0.2) is 32.4 Å². The van der Waals surface area contributed by atoms with Crippen LogP contribution < -0.4 is 5.32 Å². The van der Waals surface area contributed by atoms with E-state index in [0.29, 0.717) is 4.90 Å². The lowest BCUT2D eigenvalue weighted by atomic mass is 10.2. The number of sulfonamides is 1. The highest BCUT2D eigenvalue weighted by atomic mass is 32.2. The number of hydrogen-bond acceptors (Lipinski definition) is 3. The molecule has 1 rings (SSSR count). The lowest BCUT2D eigenvalue weighted by Crippen LogP contribution is -2.34. The van der Waals surface area contributed by atoms with E-state index < -0.39 is 10.0 Å². The van der Waals surface area contributed by atoms with Gasteiger partial charge in [0, 0.05) is 19.6 Å². The first kappa shape index (κ1) is 17.1. The van der Waals surface area contributed by atoms with E-state index in [1.807, 2.05) is 26.0 Å². The fraction of sp³-hybridized carbons (Fsp3) is 0.600. The van der Waals surface area contributed by atoms with E-state index in [1.165, 1.54) is 4.31 Å². The Hall–Kier alpha value is -0.910. The first-order chi connectivity index (χ1) is 9.43. The van der Waals surface area contributed by atoms with E-state index in [0.717, 1.165) is 31.5 Å². The highest BCUT2D eigenvalue weighted by Crippen LogP contribution is 2.18. The predicted octanol–water partition coefficient (Wildman–Crippen LogP) is 2.61. The molecule has 114 valence electrons. The zero-order chi connectivity index (χ0) is 15.2. The molecule has 1 aromatic carbocycles. The molecule has 0 radical (unpaired) electrons. The van der Waals surface area contributed by atoms with Crippen LogP contribution in [0.25, 0.3) is 0 Å². The topological polar surface area (TPSA) is 49.4 Å². The minimum Gasteiger partial charge on any atom is -0.313 e. The molecular formula is C15H26N2O2S. The number of hydrogen-bond donors (Lipinski definition) is 1. The fourth-order valence-corrected chi connectivity index (χ4v) is 3.28. The number of rotatable bonds is 8. The summed E-state index contributed by atoms with van der Waals surface area (Å²) >= 11 is 0. The number of benzene rings is 1. The predicted molar refractivity (Wildman–Crippen MR) is 83.1 cm³/mol. The standard InChI is InChI=1S/C15H26N2O2S/c1-5-11-16-12-14-7-9-15(10-8-14)20(18,19)17(4)13(3)6-2/h7-10,13,16H,5-6,11-12H2,1-4H3. The van der Waals surface area contributed by atoms with Crippen molar-refractivity contribution in [1.82, 2.24) is 9.62 Å². The minimum atomic E-state index is -3.38. The van der Waals surface area contributed by atoms with Crippen molar-refractivity contribution in [2.75, 3.05) is 13.6 Å². The Morgan fingerprint density at radius 1 is 1.20 bits per heavy atom. The Labute approximate surface area is 123 Å². The van der Waals surface area contributed by atoms with Crippen LogP contribution in [0.1, 0.15) is 39.2 Å². The van der Waals surface area contributed by atoms with Gasteiger partial charge in [-0.15, -0.1) is 0 Å². The Bertz CT molecular complexity index is 497. The summed E-state index contributed by atoms with van der Waals surface area (Å²) in [5.74, 6) is 0. The van der Waals surface area contributed by atoms with Crippen molar-refractivity contribution in [2.24, 2.45) is 0 Å². The second-order valence-electron chi connectivity index (χ2n) is 5.10. The zero-order valence-corrected chi connectivity index (χ0v) is 13.7. The lowest BCUT2D eigenvalue weighted by molar-refractivity contribution is 0.380. The number of nitrogens with zero attached hydrogens (tertiary/aromatic N) is 1. The molecule has 20 heavy (non-hydrogen) atoms. The third kappa shape index (κ3) is 4.30. The molecule has 0 saturated carbocycles. The molecular weight excluding hydrogens is 272 g/mol. The average Bonchev–Trinajstić information content (AvgIpc) is 2.46. The Morgan fingerprint density at radius 2 is 1.80 bits per heavy atom. The monoisotopic (exact) mass is 298 g/mol. The van der Waals surface area contributed by atoms with Crippen molar-refractivity contribution in [2.45, 2.75) is 51.1 Å². The summed E-state index contributed by atoms with van der Waals surface area (Å²) in [5, 5.41) is 3.30. The third-order valence-corrected chi connectivity index (χ3v) is 5.55. The summed E-state index contributed by atoms with van der Waals surface area (Å²) in [6.07, 6.45) is 1.89. The maximum atomic E-state index is 12.4. The average molecular weight is 298 g/mol. The Morgan fingerprint density at radius 3 is 2.30 bits per heavy atom. The summed E-state index contributed by atoms with van der Waals surface area (Å²) in [6, 6.07) is 7.14. The number of nitrogens with one attached hydrogen (secondary N) is 1. The van der Waals surface area contributed by atoms with E-state index in [1.54, 1.807) is 19.2 Å². The van der Waals surface area contributed by atoms with E-state index in [4.69, 9.17) is 0 Å². The molecule has 0 aliphatic rings. The van der Waals surface area contributed by atoms with Crippen molar-refractivity contribution in [3.8, 4) is 0 Å². The second-order valence-corrected chi connectivity index (χ2v) is 7.10. The second kappa shape index (κ2) is 7.76. The van der Waals surface area contributed by atoms with Crippen molar-refractivity contribution < 1.29 is 8.42 Å². The van der Waals surface area contributed by atoms with Crippen LogP contribution >= 0.6 is 0 Å². The SMILES string of the molecule is CCCNCc1ccc(S(=O)(=O)N(C)C(C)CC)cc1. The molecule has 1 N–H and O–H groups in total. The van der Waals surface area contributed by atoms with Gasteiger partial charge >= 0.3 is 0 Å². The first-order valence-corrected chi connectivity index (χ1v) is 8.65. The lowest BCUT2D eigenvalue weighted by Gasteiger charge is -2.23. The largest absolute Gasteiger partial charge is 0.313 e. The summed E-state index contributed by atoms with van der Waals surface area (Å²) in [6.45, 7) is 7.76. The molecule has 0 aliphatic carbocycles. The zero-order valence-electron chi connectivity index (χ0n) is 12.9. The van der Waals surface area contributed by atoms with Crippen LogP contribution in [0.3, 0.4) is 0 Å². The molecule has 0 fully saturated rings. The highest BCUT2D eigenvalue weighted by molar-refractivity contribution is 7.89. The van der Waals surface area contributed by atoms with Crippen molar-refractivity contribution >= 4 is 10.0 Å². The van der Waals surface area contributed by atoms with Crippen LogP contribution in [0.2, 0.25) is 0 Å². The van der Waals surface area contributed by atoms with E-state index in [9.17, 15) is 8.42 Å². The molecule has 0 spiro atoms. The fourth-order valence-electron chi connectivity index (χ4n) is 1.85. The summed E-state index contributed by atoms with van der Waals surface area (Å²) in [7, 11) is -1.74. The smallest absolute Gasteiger partial charge is 0.243 e. The van der Waals surface area contributed by atoms with Crippen molar-refractivity contribution in [3.05, 3.63) is 29.8 Å². The third-order valence-electron chi connectivity index (χ3n) is 3.57. The summed E-state index contributed by atoms with van der Waals surface area (Å²) < 4.78 is 26.3. The quantitative estimate of drug-likeness (QED) is 0.751. The first-order valence-electron chi connectivity index (χ1n) is 7.21. The van der Waals surface area contributed by atoms with Crippen molar-refractivity contribution in [1.29, 1.82) is 0 Å². The molecule has 0 aromatic heterocycles.